The van der Waals surface area contributed by atoms with Crippen molar-refractivity contribution in [2.75, 3.05) is 0 Å². The highest BCUT2D eigenvalue weighted by Gasteiger charge is 2.32. The molecular weight excluding hydrogens is 1130 g/mol. The van der Waals surface area contributed by atoms with Crippen LogP contribution in [-0.2, 0) is 0 Å². The summed E-state index contributed by atoms with van der Waals surface area (Å²) in [5, 5.41) is 32.8. The van der Waals surface area contributed by atoms with Gasteiger partial charge in [0.15, 0.2) is 5.58 Å². The number of rotatable bonds is 8. The van der Waals surface area contributed by atoms with Crippen LogP contribution in [0, 0.1) is 22.7 Å². The van der Waals surface area contributed by atoms with Crippen LogP contribution < -0.4 is 0 Å². The number of hydrogen-bond donors (Lipinski definition) is 0. The van der Waals surface area contributed by atoms with Gasteiger partial charge in [0.25, 0.3) is 0 Å². The van der Waals surface area contributed by atoms with Gasteiger partial charge in [0.1, 0.15) is 11.3 Å². The molecule has 0 aliphatic rings. The maximum atomic E-state index is 10.9. The lowest BCUT2D eigenvalue weighted by Crippen LogP contribution is -2.08. The summed E-state index contributed by atoms with van der Waals surface area (Å²) in [6, 6.07) is 113. The Balaban J connectivity index is 0.927. The van der Waals surface area contributed by atoms with E-state index in [1.54, 1.807) is 6.07 Å². The highest BCUT2D eigenvalue weighted by atomic mass is 16.3. The van der Waals surface area contributed by atoms with E-state index < -0.39 is 0 Å². The zero-order valence-corrected chi connectivity index (χ0v) is 50.0. The van der Waals surface area contributed by atoms with Crippen molar-refractivity contribution in [3.8, 4) is 79.4 Å². The molecule has 0 amide bonds. The fraction of sp³-hybridized carbons (Fsp3) is 0. The maximum Gasteiger partial charge on any atom is 0.162 e. The number of benzene rings is 14. The van der Waals surface area contributed by atoms with Gasteiger partial charge in [0.2, 0.25) is 0 Å². The van der Waals surface area contributed by atoms with Gasteiger partial charge in [-0.25, -0.2) is 0 Å². The largest absolute Gasteiger partial charge is 0.454 e. The van der Waals surface area contributed by atoms with Crippen LogP contribution in [0.1, 0.15) is 11.1 Å². The first-order valence-corrected chi connectivity index (χ1v) is 31.3. The summed E-state index contributed by atoms with van der Waals surface area (Å²) in [4.78, 5) is 0. The third-order valence-electron chi connectivity index (χ3n) is 19.1. The predicted molar refractivity (Wildman–Crippen MR) is 382 cm³/mol. The van der Waals surface area contributed by atoms with Crippen molar-refractivity contribution >= 4 is 109 Å². The van der Waals surface area contributed by atoms with E-state index in [1.807, 2.05) is 24.3 Å². The van der Waals surface area contributed by atoms with Crippen LogP contribution in [0.4, 0.5) is 0 Å². The topological polar surface area (TPSA) is 80.4 Å². The molecule has 0 saturated carbocycles. The molecule has 0 atom stereocenters. The van der Waals surface area contributed by atoms with E-state index in [0.29, 0.717) is 16.7 Å². The average molecular weight is 1180 g/mol. The highest BCUT2D eigenvalue weighted by Crippen LogP contribution is 2.54. The minimum Gasteiger partial charge on any atom is -0.454 e. The van der Waals surface area contributed by atoms with Crippen LogP contribution in [0.2, 0.25) is 0 Å². The summed E-state index contributed by atoms with van der Waals surface area (Å²) in [5.41, 5.74) is 22.5. The molecule has 7 heteroatoms. The van der Waals surface area contributed by atoms with Crippen molar-refractivity contribution in [3.05, 3.63) is 314 Å². The predicted octanol–water partition coefficient (Wildman–Crippen LogP) is 22.4. The second kappa shape index (κ2) is 20.3. The first kappa shape index (κ1) is 52.0. The summed E-state index contributed by atoms with van der Waals surface area (Å²) in [5.74, 6) is 0. The zero-order valence-electron chi connectivity index (χ0n) is 50.0. The fourth-order valence-electron chi connectivity index (χ4n) is 15.2. The van der Waals surface area contributed by atoms with Gasteiger partial charge >= 0.3 is 0 Å². The fourth-order valence-corrected chi connectivity index (χ4v) is 15.2. The van der Waals surface area contributed by atoms with Gasteiger partial charge in [-0.3, -0.25) is 0 Å². The quantitative estimate of drug-likeness (QED) is 0.152. The Morgan fingerprint density at radius 1 is 0.247 bits per heavy atom. The number of nitrogens with zero attached hydrogens (tertiary/aromatic N) is 6. The lowest BCUT2D eigenvalue weighted by Gasteiger charge is -2.25. The lowest BCUT2D eigenvalue weighted by atomic mass is 9.86. The van der Waals surface area contributed by atoms with Gasteiger partial charge in [0.05, 0.1) is 73.1 Å². The first-order valence-electron chi connectivity index (χ1n) is 31.3. The minimum absolute atomic E-state index is 0.385. The van der Waals surface area contributed by atoms with E-state index in [4.69, 9.17) is 4.42 Å². The molecule has 0 saturated heterocycles. The Hall–Kier alpha value is -12.9. The number of nitriles is 2. The van der Waals surface area contributed by atoms with Crippen molar-refractivity contribution in [3.63, 3.8) is 0 Å². The van der Waals surface area contributed by atoms with E-state index in [1.165, 1.54) is 21.5 Å². The van der Waals surface area contributed by atoms with E-state index in [-0.39, 0.29) is 0 Å². The Morgan fingerprint density at radius 2 is 0.591 bits per heavy atom. The summed E-state index contributed by atoms with van der Waals surface area (Å²) in [7, 11) is 0. The molecule has 0 spiro atoms. The van der Waals surface area contributed by atoms with E-state index in [2.05, 4.69) is 303 Å². The van der Waals surface area contributed by atoms with E-state index >= 15 is 0 Å². The molecule has 0 aliphatic carbocycles. The van der Waals surface area contributed by atoms with Crippen molar-refractivity contribution < 1.29 is 4.42 Å². The van der Waals surface area contributed by atoms with Gasteiger partial charge in [-0.1, -0.05) is 182 Å². The molecule has 0 unspecified atom stereocenters. The van der Waals surface area contributed by atoms with Crippen LogP contribution in [0.15, 0.2) is 308 Å². The SMILES string of the molecule is N#Cc1cc(C#N)cc(-c2c(-n3c4ccccc4c4cc(-c5ccc6c(c5)c5ccccc5n6-c5ccccc5)ccc43)c(-n3c4ccccc4c4cc(-c5ccc6c(c5)c5ccccc5n6-c5ccccc5)ccc43)c3oc4ccccc4c3c2-c2ccccc2)c1. The van der Waals surface area contributed by atoms with Gasteiger partial charge in [-0.05, 0) is 155 Å². The number of fused-ring (bicyclic) bond motifs is 15. The Morgan fingerprint density at radius 3 is 1.02 bits per heavy atom. The number of aromatic nitrogens is 4. The Labute approximate surface area is 533 Å². The minimum atomic E-state index is 0.385. The smallest absolute Gasteiger partial charge is 0.162 e. The average Bonchev–Trinajstić information content (AvgIpc) is 1.59. The van der Waals surface area contributed by atoms with Crippen molar-refractivity contribution in [1.29, 1.82) is 10.5 Å². The molecule has 0 N–H and O–H groups in total. The summed E-state index contributed by atoms with van der Waals surface area (Å²) < 4.78 is 17.1. The summed E-state index contributed by atoms with van der Waals surface area (Å²) in [6.07, 6.45) is 0. The monoisotopic (exact) mass is 1180 g/mol. The molecule has 7 nitrogen and oxygen atoms in total. The molecule has 19 aromatic rings. The molecule has 430 valence electrons. The highest BCUT2D eigenvalue weighted by molar-refractivity contribution is 6.24. The number of furan rings is 1. The molecule has 5 aromatic heterocycles. The molecule has 19 rings (SSSR count). The second-order valence-electron chi connectivity index (χ2n) is 24.1. The van der Waals surface area contributed by atoms with Crippen LogP contribution in [0.25, 0.3) is 176 Å². The van der Waals surface area contributed by atoms with Gasteiger partial charge < -0.3 is 22.7 Å². The maximum absolute atomic E-state index is 10.9. The van der Waals surface area contributed by atoms with Crippen LogP contribution in [-0.4, -0.2) is 18.3 Å². The Bertz CT molecular complexity index is 6410. The molecule has 14 aromatic carbocycles. The normalized spacial score (nSPS) is 11.8. The van der Waals surface area contributed by atoms with E-state index in [0.717, 1.165) is 149 Å². The van der Waals surface area contributed by atoms with Gasteiger partial charge in [-0.15, -0.1) is 0 Å². The van der Waals surface area contributed by atoms with E-state index in [9.17, 15) is 10.5 Å². The molecule has 0 radical (unpaired) electrons. The van der Waals surface area contributed by atoms with Crippen LogP contribution in [0.5, 0.6) is 0 Å². The second-order valence-corrected chi connectivity index (χ2v) is 24.1. The molecule has 5 heterocycles. The van der Waals surface area contributed by atoms with Crippen LogP contribution >= 0.6 is 0 Å². The number of para-hydroxylation sites is 7. The Kier molecular flexibility index (Phi) is 11.4. The van der Waals surface area contributed by atoms with Crippen molar-refractivity contribution in [2.45, 2.75) is 0 Å². The van der Waals surface area contributed by atoms with Crippen molar-refractivity contribution in [1.82, 2.24) is 18.3 Å². The van der Waals surface area contributed by atoms with Crippen LogP contribution in [0.3, 0.4) is 0 Å². The first-order chi connectivity index (χ1) is 46.1. The standard InChI is InChI=1S/C86H50N6O/c87-51-53-44-54(52-88)46-60(45-53)82-81(55-20-4-1-5-21-55)83-67-30-14-19-35-80(67)93-86(83)85(92-75-34-18-13-29-66(75)71-50-59(39-43-79(71)92)57-37-41-77-69(48-57)64-27-11-16-32-73(64)90(77)62-24-8-3-9-25-62)84(82)91-74-33-17-12-28-65(74)70-49-58(38-42-78(70)91)56-36-40-76-68(47-56)63-26-10-15-31-72(63)89(76)61-22-6-2-7-23-61/h1-50H. The molecular formula is C86H50N6O. The lowest BCUT2D eigenvalue weighted by molar-refractivity contribution is 0.666. The third-order valence-corrected chi connectivity index (χ3v) is 19.1. The molecule has 0 bridgehead atoms. The molecule has 0 aliphatic heterocycles. The van der Waals surface area contributed by atoms with Crippen molar-refractivity contribution in [2.24, 2.45) is 0 Å². The molecule has 93 heavy (non-hydrogen) atoms. The van der Waals surface area contributed by atoms with Gasteiger partial charge in [-0.2, -0.15) is 10.5 Å². The molecule has 0 fully saturated rings. The summed E-state index contributed by atoms with van der Waals surface area (Å²) >= 11 is 0. The zero-order chi connectivity index (χ0) is 61.4. The summed E-state index contributed by atoms with van der Waals surface area (Å²) in [6.45, 7) is 0. The third kappa shape index (κ3) is 7.75. The number of hydrogen-bond acceptors (Lipinski definition) is 3. The van der Waals surface area contributed by atoms with Gasteiger partial charge in [0, 0.05) is 76.4 Å².